The van der Waals surface area contributed by atoms with Gasteiger partial charge in [0.25, 0.3) is 0 Å². The summed E-state index contributed by atoms with van der Waals surface area (Å²) in [5.74, 6) is -0.555. The van der Waals surface area contributed by atoms with Gasteiger partial charge in [-0.25, -0.2) is 0 Å². The number of hydrogen-bond acceptors (Lipinski definition) is 3. The van der Waals surface area contributed by atoms with Crippen molar-refractivity contribution >= 4 is 17.6 Å². The van der Waals surface area contributed by atoms with Gasteiger partial charge in [-0.2, -0.15) is 13.2 Å². The second-order valence-electron chi connectivity index (χ2n) is 4.93. The molecule has 0 aliphatic rings. The third-order valence-electron chi connectivity index (χ3n) is 3.15. The van der Waals surface area contributed by atoms with Crippen LogP contribution in [0.2, 0.25) is 5.02 Å². The van der Waals surface area contributed by atoms with Crippen molar-refractivity contribution in [2.45, 2.75) is 26.1 Å². The van der Waals surface area contributed by atoms with E-state index in [-0.39, 0.29) is 0 Å². The van der Waals surface area contributed by atoms with Gasteiger partial charge in [0.1, 0.15) is 0 Å². The van der Waals surface area contributed by atoms with Crippen LogP contribution in [-0.4, -0.2) is 13.1 Å². The molecule has 1 aromatic rings. The Bertz CT molecular complexity index is 515. The van der Waals surface area contributed by atoms with Gasteiger partial charge >= 0.3 is 12.1 Å². The zero-order valence-electron chi connectivity index (χ0n) is 11.2. The lowest BCUT2D eigenvalue weighted by atomic mass is 9.81. The predicted octanol–water partition coefficient (Wildman–Crippen LogP) is 3.56. The van der Waals surface area contributed by atoms with E-state index >= 15 is 0 Å². The Morgan fingerprint density at radius 2 is 1.90 bits per heavy atom. The van der Waals surface area contributed by atoms with E-state index < -0.39 is 34.2 Å². The summed E-state index contributed by atoms with van der Waals surface area (Å²) in [6.45, 7) is 3.10. The van der Waals surface area contributed by atoms with E-state index in [0.29, 0.717) is 5.56 Å². The molecule has 0 heterocycles. The highest BCUT2D eigenvalue weighted by Gasteiger charge is 2.38. The van der Waals surface area contributed by atoms with Crippen LogP contribution in [0.5, 0.6) is 0 Å². The van der Waals surface area contributed by atoms with Gasteiger partial charge in [0.2, 0.25) is 0 Å². The number of hydrogen-bond donors (Lipinski definition) is 1. The Hall–Kier alpha value is -1.27. The molecule has 3 nitrogen and oxygen atoms in total. The van der Waals surface area contributed by atoms with Gasteiger partial charge in [-0.1, -0.05) is 17.7 Å². The molecule has 2 N–H and O–H groups in total. The topological polar surface area (TPSA) is 52.3 Å². The normalized spacial score (nSPS) is 14.0. The van der Waals surface area contributed by atoms with E-state index in [1.54, 1.807) is 13.8 Å². The number of benzene rings is 1. The highest BCUT2D eigenvalue weighted by Crippen LogP contribution is 2.38. The predicted molar refractivity (Wildman–Crippen MR) is 69.2 cm³/mol. The molecule has 0 saturated heterocycles. The number of alkyl halides is 3. The standard InChI is InChI=1S/C13H15ClF3NO2/c1-12(2,11(19)20-3)10(18)7-4-5-8(9(14)6-7)13(15,16)17/h4-6,10H,18H2,1-3H3/t10-/m0/s1. The van der Waals surface area contributed by atoms with Crippen LogP contribution in [0.3, 0.4) is 0 Å². The van der Waals surface area contributed by atoms with Gasteiger partial charge < -0.3 is 10.5 Å². The summed E-state index contributed by atoms with van der Waals surface area (Å²) in [5.41, 5.74) is 4.24. The number of rotatable bonds is 3. The van der Waals surface area contributed by atoms with Crippen molar-refractivity contribution in [2.75, 3.05) is 7.11 Å². The maximum absolute atomic E-state index is 12.6. The molecule has 0 unspecified atom stereocenters. The number of esters is 1. The summed E-state index contributed by atoms with van der Waals surface area (Å²) >= 11 is 5.63. The van der Waals surface area contributed by atoms with Crippen LogP contribution in [-0.2, 0) is 15.7 Å². The van der Waals surface area contributed by atoms with E-state index in [1.807, 2.05) is 0 Å². The summed E-state index contributed by atoms with van der Waals surface area (Å²) in [6.07, 6.45) is -4.53. The Kier molecular flexibility index (Phi) is 4.71. The Labute approximate surface area is 119 Å². The number of halogens is 4. The van der Waals surface area contributed by atoms with Crippen molar-refractivity contribution in [1.29, 1.82) is 0 Å². The quantitative estimate of drug-likeness (QED) is 0.869. The molecule has 0 aliphatic carbocycles. The van der Waals surface area contributed by atoms with Crippen LogP contribution in [0.15, 0.2) is 18.2 Å². The van der Waals surface area contributed by atoms with E-state index in [2.05, 4.69) is 4.74 Å². The number of methoxy groups -OCH3 is 1. The average Bonchev–Trinajstić information content (AvgIpc) is 2.34. The first kappa shape index (κ1) is 16.8. The fraction of sp³-hybridized carbons (Fsp3) is 0.462. The van der Waals surface area contributed by atoms with Crippen molar-refractivity contribution in [1.82, 2.24) is 0 Å². The zero-order valence-corrected chi connectivity index (χ0v) is 12.0. The average molecular weight is 310 g/mol. The molecule has 0 aliphatic heterocycles. The Morgan fingerprint density at radius 1 is 1.35 bits per heavy atom. The SMILES string of the molecule is COC(=O)C(C)(C)[C@@H](N)c1ccc(C(F)(F)F)c(Cl)c1. The number of nitrogens with two attached hydrogens (primary N) is 1. The molecule has 0 aromatic heterocycles. The summed E-state index contributed by atoms with van der Waals surface area (Å²) in [5, 5.41) is -0.453. The van der Waals surface area contributed by atoms with Crippen molar-refractivity contribution in [2.24, 2.45) is 11.1 Å². The first-order valence-electron chi connectivity index (χ1n) is 5.72. The molecule has 0 radical (unpaired) electrons. The second kappa shape index (κ2) is 5.61. The first-order chi connectivity index (χ1) is 9.01. The molecule has 1 rings (SSSR count). The molecule has 0 bridgehead atoms. The largest absolute Gasteiger partial charge is 0.469 e. The minimum atomic E-state index is -4.53. The Balaban J connectivity index is 3.17. The summed E-state index contributed by atoms with van der Waals surface area (Å²) in [6, 6.07) is 2.35. The minimum Gasteiger partial charge on any atom is -0.469 e. The zero-order chi connectivity index (χ0) is 15.7. The van der Waals surface area contributed by atoms with Crippen molar-refractivity contribution in [3.05, 3.63) is 34.3 Å². The molecule has 7 heteroatoms. The monoisotopic (exact) mass is 309 g/mol. The summed E-state index contributed by atoms with van der Waals surface area (Å²) in [4.78, 5) is 11.6. The second-order valence-corrected chi connectivity index (χ2v) is 5.34. The maximum Gasteiger partial charge on any atom is 0.417 e. The van der Waals surface area contributed by atoms with Crippen molar-refractivity contribution in [3.8, 4) is 0 Å². The lowest BCUT2D eigenvalue weighted by Crippen LogP contribution is -2.37. The van der Waals surface area contributed by atoms with Crippen LogP contribution in [0.1, 0.15) is 31.0 Å². The van der Waals surface area contributed by atoms with E-state index in [9.17, 15) is 18.0 Å². The molecule has 1 atom stereocenters. The molecule has 0 saturated carbocycles. The van der Waals surface area contributed by atoms with Gasteiger partial charge in [0, 0.05) is 6.04 Å². The smallest absolute Gasteiger partial charge is 0.417 e. The maximum atomic E-state index is 12.6. The molecule has 1 aromatic carbocycles. The molecule has 0 amide bonds. The molecule has 0 spiro atoms. The van der Waals surface area contributed by atoms with Crippen LogP contribution in [0.25, 0.3) is 0 Å². The van der Waals surface area contributed by atoms with E-state index in [1.165, 1.54) is 13.2 Å². The van der Waals surface area contributed by atoms with Gasteiger partial charge in [-0.15, -0.1) is 0 Å². The summed E-state index contributed by atoms with van der Waals surface area (Å²) in [7, 11) is 1.22. The fourth-order valence-corrected chi connectivity index (χ4v) is 2.06. The van der Waals surface area contributed by atoms with E-state index in [0.717, 1.165) is 12.1 Å². The van der Waals surface area contributed by atoms with Gasteiger partial charge in [-0.05, 0) is 31.5 Å². The third kappa shape index (κ3) is 3.24. The highest BCUT2D eigenvalue weighted by atomic mass is 35.5. The van der Waals surface area contributed by atoms with Crippen LogP contribution in [0, 0.1) is 5.41 Å². The number of carbonyl (C=O) groups excluding carboxylic acids is 1. The highest BCUT2D eigenvalue weighted by molar-refractivity contribution is 6.31. The molecule has 20 heavy (non-hydrogen) atoms. The minimum absolute atomic E-state index is 0.332. The number of ether oxygens (including phenoxy) is 1. The van der Waals surface area contributed by atoms with Crippen molar-refractivity contribution in [3.63, 3.8) is 0 Å². The molecular formula is C13H15ClF3NO2. The van der Waals surface area contributed by atoms with Gasteiger partial charge in [0.15, 0.2) is 0 Å². The Morgan fingerprint density at radius 3 is 2.30 bits per heavy atom. The van der Waals surface area contributed by atoms with Crippen LogP contribution < -0.4 is 5.73 Å². The van der Waals surface area contributed by atoms with Crippen LogP contribution >= 0.6 is 11.6 Å². The lowest BCUT2D eigenvalue weighted by molar-refractivity contribution is -0.152. The summed E-state index contributed by atoms with van der Waals surface area (Å²) < 4.78 is 42.5. The first-order valence-corrected chi connectivity index (χ1v) is 6.10. The van der Waals surface area contributed by atoms with Gasteiger partial charge in [0.05, 0.1) is 23.1 Å². The fourth-order valence-electron chi connectivity index (χ4n) is 1.76. The van der Waals surface area contributed by atoms with E-state index in [4.69, 9.17) is 17.3 Å². The third-order valence-corrected chi connectivity index (χ3v) is 3.46. The molecular weight excluding hydrogens is 295 g/mol. The lowest BCUT2D eigenvalue weighted by Gasteiger charge is -2.29. The van der Waals surface area contributed by atoms with Crippen LogP contribution in [0.4, 0.5) is 13.2 Å². The molecule has 112 valence electrons. The number of carbonyl (C=O) groups is 1. The van der Waals surface area contributed by atoms with Crippen molar-refractivity contribution < 1.29 is 22.7 Å². The molecule has 0 fully saturated rings. The van der Waals surface area contributed by atoms with Gasteiger partial charge in [-0.3, -0.25) is 4.79 Å².